The van der Waals surface area contributed by atoms with Gasteiger partial charge in [0.15, 0.2) is 5.66 Å². The molecule has 10 heteroatoms. The fraction of sp³-hybridized carbons (Fsp3) is 0.333. The molecule has 1 fully saturated rings. The zero-order valence-electron chi connectivity index (χ0n) is 13.6. The maximum Gasteiger partial charge on any atom is 0.324 e. The first-order valence-electron chi connectivity index (χ1n) is 8.03. The summed E-state index contributed by atoms with van der Waals surface area (Å²) in [6, 6.07) is 7.34. The second-order valence-corrected chi connectivity index (χ2v) is 5.84. The van der Waals surface area contributed by atoms with Crippen molar-refractivity contribution in [3.8, 4) is 5.69 Å². The highest BCUT2D eigenvalue weighted by Gasteiger charge is 2.48. The topological polar surface area (TPSA) is 107 Å². The van der Waals surface area contributed by atoms with Crippen LogP contribution in [0.3, 0.4) is 0 Å². The lowest BCUT2D eigenvalue weighted by Gasteiger charge is -2.36. The largest absolute Gasteiger partial charge is 0.333 e. The minimum Gasteiger partial charge on any atom is -0.333 e. The van der Waals surface area contributed by atoms with E-state index in [9.17, 15) is 4.79 Å². The van der Waals surface area contributed by atoms with Crippen molar-refractivity contribution in [3.05, 3.63) is 43.0 Å². The molecule has 1 unspecified atom stereocenters. The Morgan fingerprint density at radius 1 is 1.16 bits per heavy atom. The summed E-state index contributed by atoms with van der Waals surface area (Å²) in [5.74, 6) is 0. The maximum absolute atomic E-state index is 12.6. The molecule has 128 valence electrons. The van der Waals surface area contributed by atoms with Crippen LogP contribution in [-0.2, 0) is 5.66 Å². The molecule has 1 aromatic carbocycles. The Kier molecular flexibility index (Phi) is 3.64. The number of amides is 2. The zero-order chi connectivity index (χ0) is 17.3. The fourth-order valence-corrected chi connectivity index (χ4v) is 3.28. The summed E-state index contributed by atoms with van der Waals surface area (Å²) >= 11 is 0. The Labute approximate surface area is 143 Å². The minimum absolute atomic E-state index is 0.154. The smallest absolute Gasteiger partial charge is 0.324 e. The zero-order valence-corrected chi connectivity index (χ0v) is 13.6. The number of hydrogen-bond acceptors (Lipinski definition) is 6. The van der Waals surface area contributed by atoms with E-state index in [1.54, 1.807) is 26.7 Å². The number of nitrogens with one attached hydrogen (secondary N) is 1. The summed E-state index contributed by atoms with van der Waals surface area (Å²) in [7, 11) is 0. The second-order valence-electron chi connectivity index (χ2n) is 5.84. The van der Waals surface area contributed by atoms with Crippen LogP contribution in [0.2, 0.25) is 0 Å². The van der Waals surface area contributed by atoms with Crippen LogP contribution in [0.1, 0.15) is 19.8 Å². The average Bonchev–Trinajstić information content (AvgIpc) is 3.38. The number of anilines is 1. The molecule has 0 saturated carbocycles. The monoisotopic (exact) mass is 339 g/mol. The van der Waals surface area contributed by atoms with E-state index in [1.807, 2.05) is 24.3 Å². The van der Waals surface area contributed by atoms with E-state index in [4.69, 9.17) is 0 Å². The van der Waals surface area contributed by atoms with Gasteiger partial charge in [-0.25, -0.2) is 14.2 Å². The third-order valence-electron chi connectivity index (χ3n) is 4.36. The van der Waals surface area contributed by atoms with Gasteiger partial charge >= 0.3 is 6.03 Å². The number of carbonyl (C=O) groups is 1. The summed E-state index contributed by atoms with van der Waals surface area (Å²) in [5.41, 5.74) is 0.976. The number of carbonyl (C=O) groups excluding carboxylic acids is 1. The van der Waals surface area contributed by atoms with Crippen LogP contribution < -0.4 is 10.2 Å². The number of rotatable bonds is 5. The molecule has 1 aliphatic heterocycles. The van der Waals surface area contributed by atoms with Gasteiger partial charge < -0.3 is 5.32 Å². The molecule has 1 aliphatic rings. The number of urea groups is 1. The molecule has 4 rings (SSSR count). The van der Waals surface area contributed by atoms with Crippen LogP contribution in [0.25, 0.3) is 5.69 Å². The summed E-state index contributed by atoms with van der Waals surface area (Å²) in [5, 5.41) is 22.1. The first-order valence-corrected chi connectivity index (χ1v) is 8.03. The summed E-state index contributed by atoms with van der Waals surface area (Å²) in [6.07, 6.45) is 6.59. The number of tetrazole rings is 1. The molecule has 0 aliphatic carbocycles. The predicted octanol–water partition coefficient (Wildman–Crippen LogP) is 0.936. The Morgan fingerprint density at radius 2 is 1.96 bits per heavy atom. The van der Waals surface area contributed by atoms with Crippen LogP contribution in [0.4, 0.5) is 10.5 Å². The van der Waals surface area contributed by atoms with Crippen LogP contribution in [0, 0.1) is 0 Å². The number of benzene rings is 1. The minimum atomic E-state index is -0.612. The van der Waals surface area contributed by atoms with E-state index in [0.29, 0.717) is 6.54 Å². The van der Waals surface area contributed by atoms with Crippen molar-refractivity contribution in [3.63, 3.8) is 0 Å². The number of hydrogen-bond donors (Lipinski definition) is 1. The quantitative estimate of drug-likeness (QED) is 0.741. The molecular formula is C15H17N9O. The van der Waals surface area contributed by atoms with E-state index in [1.165, 1.54) is 6.33 Å². The molecule has 2 amide bonds. The lowest BCUT2D eigenvalue weighted by molar-refractivity contribution is 0.237. The van der Waals surface area contributed by atoms with Crippen molar-refractivity contribution < 1.29 is 4.79 Å². The SMILES string of the molecule is CCCC1(n2ccnn2)CNC(=O)N1c1ccc(-n2cnnn2)cc1. The van der Waals surface area contributed by atoms with Gasteiger partial charge in [-0.1, -0.05) is 18.6 Å². The molecule has 3 heterocycles. The van der Waals surface area contributed by atoms with Gasteiger partial charge in [0.1, 0.15) is 6.33 Å². The van der Waals surface area contributed by atoms with Gasteiger partial charge in [-0.2, -0.15) is 0 Å². The van der Waals surface area contributed by atoms with Gasteiger partial charge in [0.05, 0.1) is 18.4 Å². The average molecular weight is 339 g/mol. The van der Waals surface area contributed by atoms with Gasteiger partial charge in [0.25, 0.3) is 0 Å². The normalized spacial score (nSPS) is 20.0. The fourth-order valence-electron chi connectivity index (χ4n) is 3.28. The van der Waals surface area contributed by atoms with Crippen molar-refractivity contribution >= 4 is 11.7 Å². The first-order chi connectivity index (χ1) is 12.2. The van der Waals surface area contributed by atoms with Crippen molar-refractivity contribution in [1.82, 2.24) is 40.5 Å². The second kappa shape index (κ2) is 5.96. The molecule has 1 atom stereocenters. The Bertz CT molecular complexity index is 844. The number of nitrogens with zero attached hydrogens (tertiary/aromatic N) is 8. The van der Waals surface area contributed by atoms with Crippen LogP contribution in [0.15, 0.2) is 43.0 Å². The van der Waals surface area contributed by atoms with Gasteiger partial charge in [-0.3, -0.25) is 4.90 Å². The lowest BCUT2D eigenvalue weighted by Crippen LogP contribution is -2.50. The highest BCUT2D eigenvalue weighted by atomic mass is 16.2. The molecule has 0 spiro atoms. The van der Waals surface area contributed by atoms with Gasteiger partial charge in [0.2, 0.25) is 0 Å². The summed E-state index contributed by atoms with van der Waals surface area (Å²) in [4.78, 5) is 14.3. The van der Waals surface area contributed by atoms with E-state index in [0.717, 1.165) is 24.2 Å². The van der Waals surface area contributed by atoms with Crippen LogP contribution in [-0.4, -0.2) is 47.8 Å². The number of aromatic nitrogens is 7. The predicted molar refractivity (Wildman–Crippen MR) is 87.9 cm³/mol. The molecule has 25 heavy (non-hydrogen) atoms. The van der Waals surface area contributed by atoms with E-state index in [-0.39, 0.29) is 6.03 Å². The van der Waals surface area contributed by atoms with Crippen molar-refractivity contribution in [2.45, 2.75) is 25.4 Å². The molecular weight excluding hydrogens is 322 g/mol. The molecule has 2 aromatic heterocycles. The molecule has 1 N–H and O–H groups in total. The third-order valence-corrected chi connectivity index (χ3v) is 4.36. The molecule has 3 aromatic rings. The van der Waals surface area contributed by atoms with Crippen molar-refractivity contribution in [2.24, 2.45) is 0 Å². The lowest BCUT2D eigenvalue weighted by atomic mass is 10.0. The van der Waals surface area contributed by atoms with Crippen LogP contribution in [0.5, 0.6) is 0 Å². The van der Waals surface area contributed by atoms with E-state index < -0.39 is 5.66 Å². The standard InChI is InChI=1S/C15H17N9O/c1-2-7-15(23-9-8-17-20-23)10-16-14(25)24(15)13-5-3-12(4-6-13)22-11-18-19-21-22/h3-6,8-9,11H,2,7,10H2,1H3,(H,16,25). The molecule has 1 saturated heterocycles. The van der Waals surface area contributed by atoms with Crippen molar-refractivity contribution in [2.75, 3.05) is 11.4 Å². The highest BCUT2D eigenvalue weighted by molar-refractivity contribution is 5.95. The first kappa shape index (κ1) is 15.2. The van der Waals surface area contributed by atoms with E-state index >= 15 is 0 Å². The highest BCUT2D eigenvalue weighted by Crippen LogP contribution is 2.35. The van der Waals surface area contributed by atoms with Gasteiger partial charge in [-0.05, 0) is 41.1 Å². The van der Waals surface area contributed by atoms with Gasteiger partial charge in [0, 0.05) is 11.9 Å². The third kappa shape index (κ3) is 2.42. The Morgan fingerprint density at radius 3 is 2.60 bits per heavy atom. The van der Waals surface area contributed by atoms with E-state index in [2.05, 4.69) is 38.1 Å². The van der Waals surface area contributed by atoms with Gasteiger partial charge in [-0.15, -0.1) is 10.2 Å². The summed E-state index contributed by atoms with van der Waals surface area (Å²) in [6.45, 7) is 2.55. The molecule has 10 nitrogen and oxygen atoms in total. The maximum atomic E-state index is 12.6. The molecule has 0 bridgehead atoms. The Hall–Kier alpha value is -3.30. The summed E-state index contributed by atoms with van der Waals surface area (Å²) < 4.78 is 3.31. The Balaban J connectivity index is 1.74. The van der Waals surface area contributed by atoms with Crippen LogP contribution >= 0.6 is 0 Å². The van der Waals surface area contributed by atoms with Crippen molar-refractivity contribution in [1.29, 1.82) is 0 Å². The molecule has 0 radical (unpaired) electrons.